The summed E-state index contributed by atoms with van der Waals surface area (Å²) in [5.74, 6) is 1.07. The zero-order valence-corrected chi connectivity index (χ0v) is 10.4. The summed E-state index contributed by atoms with van der Waals surface area (Å²) in [5, 5.41) is 3.40. The largest absolute Gasteiger partial charge is 0.371 e. The highest BCUT2D eigenvalue weighted by Gasteiger charge is 2.31. The minimum Gasteiger partial charge on any atom is -0.371 e. The summed E-state index contributed by atoms with van der Waals surface area (Å²) in [6.45, 7) is 6.04. The van der Waals surface area contributed by atoms with Crippen LogP contribution in [0, 0.1) is 0 Å². The zero-order chi connectivity index (χ0) is 11.6. The molecule has 1 aliphatic heterocycles. The van der Waals surface area contributed by atoms with Crippen LogP contribution < -0.4 is 5.32 Å². The fourth-order valence-corrected chi connectivity index (χ4v) is 2.13. The van der Waals surface area contributed by atoms with Gasteiger partial charge in [0.1, 0.15) is 5.82 Å². The molecule has 0 aliphatic carbocycles. The van der Waals surface area contributed by atoms with E-state index in [1.807, 2.05) is 24.0 Å². The summed E-state index contributed by atoms with van der Waals surface area (Å²) in [5.41, 5.74) is 0.0650. The molecule has 1 N–H and O–H groups in total. The van der Waals surface area contributed by atoms with Crippen LogP contribution in [0.3, 0.4) is 0 Å². The zero-order valence-electron chi connectivity index (χ0n) is 10.4. The van der Waals surface area contributed by atoms with Gasteiger partial charge in [-0.3, -0.25) is 0 Å². The van der Waals surface area contributed by atoms with Crippen molar-refractivity contribution in [1.29, 1.82) is 0 Å². The first kappa shape index (κ1) is 11.6. The maximum absolute atomic E-state index is 5.91. The summed E-state index contributed by atoms with van der Waals surface area (Å²) in [4.78, 5) is 4.27. The second kappa shape index (κ2) is 4.55. The third-order valence-electron chi connectivity index (χ3n) is 3.13. The van der Waals surface area contributed by atoms with E-state index in [2.05, 4.69) is 24.1 Å². The van der Waals surface area contributed by atoms with E-state index in [0.29, 0.717) is 6.10 Å². The fraction of sp³-hybridized carbons (Fsp3) is 0.750. The average molecular weight is 223 g/mol. The van der Waals surface area contributed by atoms with Crippen LogP contribution in [0.15, 0.2) is 12.4 Å². The average Bonchev–Trinajstić information content (AvgIpc) is 2.74. The van der Waals surface area contributed by atoms with E-state index in [-0.39, 0.29) is 5.60 Å². The summed E-state index contributed by atoms with van der Waals surface area (Å²) in [6, 6.07) is 0. The van der Waals surface area contributed by atoms with Crippen LogP contribution in [-0.4, -0.2) is 27.8 Å². The van der Waals surface area contributed by atoms with Crippen LogP contribution in [0.2, 0.25) is 0 Å². The molecule has 90 valence electrons. The van der Waals surface area contributed by atoms with Gasteiger partial charge < -0.3 is 14.6 Å². The maximum Gasteiger partial charge on any atom is 0.122 e. The second-order valence-corrected chi connectivity index (χ2v) is 5.12. The number of hydrogen-bond acceptors (Lipinski definition) is 3. The predicted octanol–water partition coefficient (Wildman–Crippen LogP) is 1.47. The van der Waals surface area contributed by atoms with Crippen molar-refractivity contribution < 1.29 is 4.74 Å². The van der Waals surface area contributed by atoms with Crippen molar-refractivity contribution >= 4 is 0 Å². The van der Waals surface area contributed by atoms with Gasteiger partial charge in [0.05, 0.1) is 18.2 Å². The lowest BCUT2D eigenvalue weighted by Gasteiger charge is -2.19. The van der Waals surface area contributed by atoms with Gasteiger partial charge in [0.25, 0.3) is 0 Å². The molecule has 0 saturated carbocycles. The van der Waals surface area contributed by atoms with Crippen molar-refractivity contribution in [1.82, 2.24) is 14.9 Å². The number of hydrogen-bond donors (Lipinski definition) is 1. The van der Waals surface area contributed by atoms with Gasteiger partial charge in [0, 0.05) is 26.0 Å². The van der Waals surface area contributed by atoms with E-state index in [9.17, 15) is 0 Å². The van der Waals surface area contributed by atoms with Gasteiger partial charge in [0.15, 0.2) is 0 Å². The molecule has 1 aromatic rings. The Morgan fingerprint density at radius 2 is 2.44 bits per heavy atom. The molecule has 4 heteroatoms. The molecule has 16 heavy (non-hydrogen) atoms. The van der Waals surface area contributed by atoms with Crippen molar-refractivity contribution in [3.05, 3.63) is 18.2 Å². The van der Waals surface area contributed by atoms with Gasteiger partial charge >= 0.3 is 0 Å². The lowest BCUT2D eigenvalue weighted by molar-refractivity contribution is -0.0143. The third-order valence-corrected chi connectivity index (χ3v) is 3.13. The van der Waals surface area contributed by atoms with Crippen LogP contribution >= 0.6 is 0 Å². The Balaban J connectivity index is 1.71. The molecular weight excluding hydrogens is 202 g/mol. The Labute approximate surface area is 97.0 Å². The van der Waals surface area contributed by atoms with Crippen molar-refractivity contribution in [3.8, 4) is 0 Å². The van der Waals surface area contributed by atoms with Crippen molar-refractivity contribution in [3.63, 3.8) is 0 Å². The van der Waals surface area contributed by atoms with Gasteiger partial charge in [-0.15, -0.1) is 0 Å². The second-order valence-electron chi connectivity index (χ2n) is 5.12. The third kappa shape index (κ3) is 2.83. The number of aromatic nitrogens is 2. The topological polar surface area (TPSA) is 39.1 Å². The van der Waals surface area contributed by atoms with Crippen LogP contribution in [0.1, 0.15) is 32.5 Å². The monoisotopic (exact) mass is 223 g/mol. The minimum absolute atomic E-state index is 0.0650. The number of nitrogens with zero attached hydrogens (tertiary/aromatic N) is 2. The highest BCUT2D eigenvalue weighted by atomic mass is 16.5. The van der Waals surface area contributed by atoms with E-state index < -0.39 is 0 Å². The molecule has 4 nitrogen and oxygen atoms in total. The van der Waals surface area contributed by atoms with Crippen LogP contribution in [-0.2, 0) is 18.3 Å². The van der Waals surface area contributed by atoms with Gasteiger partial charge in [-0.25, -0.2) is 4.98 Å². The predicted molar refractivity (Wildman–Crippen MR) is 63.1 cm³/mol. The molecular formula is C12H21N3O. The molecule has 0 radical (unpaired) electrons. The van der Waals surface area contributed by atoms with E-state index in [4.69, 9.17) is 4.74 Å². The number of nitrogens with one attached hydrogen (secondary N) is 1. The Kier molecular flexibility index (Phi) is 3.30. The van der Waals surface area contributed by atoms with Gasteiger partial charge in [-0.1, -0.05) is 0 Å². The quantitative estimate of drug-likeness (QED) is 0.840. The summed E-state index contributed by atoms with van der Waals surface area (Å²) in [7, 11) is 2.01. The van der Waals surface area contributed by atoms with E-state index in [1.54, 1.807) is 0 Å². The van der Waals surface area contributed by atoms with Crippen LogP contribution in [0.5, 0.6) is 0 Å². The van der Waals surface area contributed by atoms with Crippen molar-refractivity contribution in [2.75, 3.05) is 6.54 Å². The molecule has 1 atom stereocenters. The normalized spacial score (nSPS) is 23.8. The minimum atomic E-state index is 0.0650. The molecule has 1 unspecified atom stereocenters. The maximum atomic E-state index is 5.91. The van der Waals surface area contributed by atoms with Crippen molar-refractivity contribution in [2.24, 2.45) is 7.05 Å². The molecule has 2 rings (SSSR count). The Bertz CT molecular complexity index is 346. The number of aryl methyl sites for hydroxylation is 1. The summed E-state index contributed by atoms with van der Waals surface area (Å²) < 4.78 is 7.94. The molecule has 1 saturated heterocycles. The molecule has 0 bridgehead atoms. The summed E-state index contributed by atoms with van der Waals surface area (Å²) >= 11 is 0. The SMILES string of the molecule is Cn1ccnc1CNCC1CCC(C)(C)O1. The number of ether oxygens (including phenoxy) is 1. The highest BCUT2D eigenvalue weighted by Crippen LogP contribution is 2.28. The Morgan fingerprint density at radius 3 is 3.00 bits per heavy atom. The van der Waals surface area contributed by atoms with E-state index in [0.717, 1.165) is 31.8 Å². The van der Waals surface area contributed by atoms with Crippen LogP contribution in [0.25, 0.3) is 0 Å². The van der Waals surface area contributed by atoms with Gasteiger partial charge in [0.2, 0.25) is 0 Å². The Morgan fingerprint density at radius 1 is 1.62 bits per heavy atom. The molecule has 0 amide bonds. The lowest BCUT2D eigenvalue weighted by Crippen LogP contribution is -2.29. The van der Waals surface area contributed by atoms with Gasteiger partial charge in [-0.05, 0) is 26.7 Å². The first-order valence-corrected chi connectivity index (χ1v) is 5.91. The molecule has 0 spiro atoms. The molecule has 2 heterocycles. The fourth-order valence-electron chi connectivity index (χ4n) is 2.13. The first-order chi connectivity index (χ1) is 7.57. The van der Waals surface area contributed by atoms with Crippen molar-refractivity contribution in [2.45, 2.75) is 44.9 Å². The Hall–Kier alpha value is -0.870. The highest BCUT2D eigenvalue weighted by molar-refractivity contribution is 4.91. The van der Waals surface area contributed by atoms with Crippen LogP contribution in [0.4, 0.5) is 0 Å². The first-order valence-electron chi connectivity index (χ1n) is 5.91. The summed E-state index contributed by atoms with van der Waals surface area (Å²) in [6.07, 6.45) is 6.45. The number of rotatable bonds is 4. The van der Waals surface area contributed by atoms with E-state index in [1.165, 1.54) is 0 Å². The lowest BCUT2D eigenvalue weighted by atomic mass is 10.1. The number of imidazole rings is 1. The molecule has 0 aromatic carbocycles. The van der Waals surface area contributed by atoms with E-state index >= 15 is 0 Å². The molecule has 1 aromatic heterocycles. The molecule has 1 aliphatic rings. The molecule has 1 fully saturated rings. The van der Waals surface area contributed by atoms with Gasteiger partial charge in [-0.2, -0.15) is 0 Å². The standard InChI is InChI=1S/C12H21N3O/c1-12(2)5-4-10(16-12)8-13-9-11-14-6-7-15(11)3/h6-7,10,13H,4-5,8-9H2,1-3H3. The smallest absolute Gasteiger partial charge is 0.122 e.